The van der Waals surface area contributed by atoms with E-state index >= 15 is 0 Å². The molecule has 0 amide bonds. The van der Waals surface area contributed by atoms with Crippen LogP contribution < -0.4 is 5.32 Å². The van der Waals surface area contributed by atoms with Gasteiger partial charge in [-0.2, -0.15) is 0 Å². The van der Waals surface area contributed by atoms with E-state index in [1.165, 1.54) is 12.4 Å². The van der Waals surface area contributed by atoms with E-state index in [1.807, 2.05) is 0 Å². The van der Waals surface area contributed by atoms with Crippen molar-refractivity contribution in [2.75, 3.05) is 25.1 Å². The number of aromatic nitrogens is 2. The number of aromatic carboxylic acids is 1. The summed E-state index contributed by atoms with van der Waals surface area (Å²) in [5, 5.41) is 12.1. The van der Waals surface area contributed by atoms with E-state index in [2.05, 4.69) is 22.2 Å². The molecule has 1 aliphatic rings. The number of rotatable bonds is 4. The monoisotopic (exact) mass is 251 g/mol. The van der Waals surface area contributed by atoms with Crippen LogP contribution in [0.25, 0.3) is 0 Å². The molecule has 2 heterocycles. The maximum atomic E-state index is 11.0. The second-order valence-corrected chi connectivity index (χ2v) is 4.84. The Hall–Kier alpha value is -1.69. The molecule has 0 spiro atoms. The Morgan fingerprint density at radius 2 is 2.11 bits per heavy atom. The molecule has 6 nitrogen and oxygen atoms in total. The molecule has 1 saturated heterocycles. The third-order valence-electron chi connectivity index (χ3n) is 3.28. The second-order valence-electron chi connectivity index (χ2n) is 4.84. The minimum Gasteiger partial charge on any atom is -0.476 e. The second kappa shape index (κ2) is 5.30. The van der Waals surface area contributed by atoms with Crippen molar-refractivity contribution in [1.82, 2.24) is 9.97 Å². The third kappa shape index (κ3) is 2.95. The first-order valence-electron chi connectivity index (χ1n) is 5.97. The van der Waals surface area contributed by atoms with Crippen LogP contribution in [0.3, 0.4) is 0 Å². The summed E-state index contributed by atoms with van der Waals surface area (Å²) in [5.74, 6) is -0.736. The topological polar surface area (TPSA) is 84.3 Å². The molecule has 0 atom stereocenters. The van der Waals surface area contributed by atoms with Gasteiger partial charge in [0.15, 0.2) is 11.5 Å². The maximum Gasteiger partial charge on any atom is 0.358 e. The molecule has 98 valence electrons. The Kier molecular flexibility index (Phi) is 3.76. The molecule has 0 saturated carbocycles. The van der Waals surface area contributed by atoms with Gasteiger partial charge in [0, 0.05) is 32.2 Å². The highest BCUT2D eigenvalue weighted by Crippen LogP contribution is 2.29. The van der Waals surface area contributed by atoms with Gasteiger partial charge in [0.1, 0.15) is 0 Å². The highest BCUT2D eigenvalue weighted by Gasteiger charge is 2.27. The van der Waals surface area contributed by atoms with Crippen molar-refractivity contribution in [3.05, 3.63) is 18.1 Å². The van der Waals surface area contributed by atoms with E-state index in [0.717, 1.165) is 26.1 Å². The van der Waals surface area contributed by atoms with E-state index < -0.39 is 5.97 Å². The van der Waals surface area contributed by atoms with E-state index in [4.69, 9.17) is 9.84 Å². The molecule has 2 rings (SSSR count). The minimum atomic E-state index is -1.07. The smallest absolute Gasteiger partial charge is 0.358 e. The van der Waals surface area contributed by atoms with Gasteiger partial charge in [-0.15, -0.1) is 0 Å². The third-order valence-corrected chi connectivity index (χ3v) is 3.28. The highest BCUT2D eigenvalue weighted by atomic mass is 16.5. The number of nitrogens with zero attached hydrogens (tertiary/aromatic N) is 2. The van der Waals surface area contributed by atoms with Crippen LogP contribution >= 0.6 is 0 Å². The average Bonchev–Trinajstić information content (AvgIpc) is 2.38. The van der Waals surface area contributed by atoms with Gasteiger partial charge in [0.05, 0.1) is 0 Å². The van der Waals surface area contributed by atoms with Crippen LogP contribution in [0.1, 0.15) is 30.3 Å². The molecule has 18 heavy (non-hydrogen) atoms. The lowest BCUT2D eigenvalue weighted by molar-refractivity contribution is 0.0299. The SMILES string of the molecule is CC1(CNc2nccnc2C(=O)O)CCOCC1. The largest absolute Gasteiger partial charge is 0.476 e. The van der Waals surface area contributed by atoms with Crippen molar-refractivity contribution in [1.29, 1.82) is 0 Å². The molecule has 0 aliphatic carbocycles. The molecule has 1 aromatic heterocycles. The fourth-order valence-electron chi connectivity index (χ4n) is 1.96. The van der Waals surface area contributed by atoms with Crippen LogP contribution in [0, 0.1) is 5.41 Å². The Balaban J connectivity index is 2.03. The predicted octanol–water partition coefficient (Wildman–Crippen LogP) is 1.40. The van der Waals surface area contributed by atoms with Crippen LogP contribution in [-0.4, -0.2) is 40.8 Å². The first kappa shape index (κ1) is 12.8. The Morgan fingerprint density at radius 1 is 1.44 bits per heavy atom. The molecule has 1 fully saturated rings. The van der Waals surface area contributed by atoms with Crippen molar-refractivity contribution >= 4 is 11.8 Å². The number of anilines is 1. The molecule has 2 N–H and O–H groups in total. The number of ether oxygens (including phenoxy) is 1. The van der Waals surface area contributed by atoms with Crippen molar-refractivity contribution in [2.45, 2.75) is 19.8 Å². The molecule has 0 radical (unpaired) electrons. The van der Waals surface area contributed by atoms with E-state index in [0.29, 0.717) is 12.4 Å². The van der Waals surface area contributed by atoms with E-state index in [-0.39, 0.29) is 11.1 Å². The van der Waals surface area contributed by atoms with Crippen LogP contribution in [0.4, 0.5) is 5.82 Å². The first-order valence-corrected chi connectivity index (χ1v) is 5.97. The zero-order chi connectivity index (χ0) is 13.0. The number of hydrogen-bond donors (Lipinski definition) is 2. The summed E-state index contributed by atoms with van der Waals surface area (Å²) < 4.78 is 5.33. The predicted molar refractivity (Wildman–Crippen MR) is 65.6 cm³/mol. The first-order chi connectivity index (χ1) is 8.61. The minimum absolute atomic E-state index is 0.0341. The average molecular weight is 251 g/mol. The zero-order valence-corrected chi connectivity index (χ0v) is 10.3. The van der Waals surface area contributed by atoms with Crippen LogP contribution in [0.5, 0.6) is 0 Å². The maximum absolute atomic E-state index is 11.0. The van der Waals surface area contributed by atoms with E-state index in [9.17, 15) is 4.79 Å². The summed E-state index contributed by atoms with van der Waals surface area (Å²) in [6.07, 6.45) is 4.79. The normalized spacial score (nSPS) is 18.3. The summed E-state index contributed by atoms with van der Waals surface area (Å²) in [4.78, 5) is 18.8. The molecule has 0 bridgehead atoms. The lowest BCUT2D eigenvalue weighted by Gasteiger charge is -2.33. The molecular weight excluding hydrogens is 234 g/mol. The van der Waals surface area contributed by atoms with Gasteiger partial charge in [-0.3, -0.25) is 0 Å². The molecule has 0 aromatic carbocycles. The molecule has 1 aromatic rings. The van der Waals surface area contributed by atoms with Crippen molar-refractivity contribution < 1.29 is 14.6 Å². The lowest BCUT2D eigenvalue weighted by atomic mass is 9.82. The quantitative estimate of drug-likeness (QED) is 0.841. The van der Waals surface area contributed by atoms with E-state index in [1.54, 1.807) is 0 Å². The van der Waals surface area contributed by atoms with Crippen LogP contribution in [0.15, 0.2) is 12.4 Å². The number of hydrogen-bond acceptors (Lipinski definition) is 5. The summed E-state index contributed by atoms with van der Waals surface area (Å²) in [6, 6.07) is 0. The van der Waals surface area contributed by atoms with Crippen molar-refractivity contribution in [3.8, 4) is 0 Å². The Morgan fingerprint density at radius 3 is 2.78 bits per heavy atom. The fourth-order valence-corrected chi connectivity index (χ4v) is 1.96. The summed E-state index contributed by atoms with van der Waals surface area (Å²) >= 11 is 0. The van der Waals surface area contributed by atoms with Crippen LogP contribution in [0.2, 0.25) is 0 Å². The van der Waals surface area contributed by atoms with Gasteiger partial charge in [0.2, 0.25) is 0 Å². The summed E-state index contributed by atoms with van der Waals surface area (Å²) in [7, 11) is 0. The molecule has 1 aliphatic heterocycles. The highest BCUT2D eigenvalue weighted by molar-refractivity contribution is 5.90. The van der Waals surface area contributed by atoms with Crippen molar-refractivity contribution in [2.24, 2.45) is 5.41 Å². The number of carboxylic acid groups (broad SMARTS) is 1. The standard InChI is InChI=1S/C12H17N3O3/c1-12(2-6-18-7-3-12)8-15-10-9(11(16)17)13-4-5-14-10/h4-5H,2-3,6-8H2,1H3,(H,14,15)(H,16,17). The van der Waals surface area contributed by atoms with Gasteiger partial charge >= 0.3 is 5.97 Å². The van der Waals surface area contributed by atoms with Gasteiger partial charge < -0.3 is 15.2 Å². The van der Waals surface area contributed by atoms with Gasteiger partial charge in [-0.05, 0) is 18.3 Å². The number of nitrogens with one attached hydrogen (secondary N) is 1. The van der Waals surface area contributed by atoms with Gasteiger partial charge in [0.25, 0.3) is 0 Å². The van der Waals surface area contributed by atoms with Crippen molar-refractivity contribution in [3.63, 3.8) is 0 Å². The zero-order valence-electron chi connectivity index (χ0n) is 10.3. The molecule has 6 heteroatoms. The van der Waals surface area contributed by atoms with Gasteiger partial charge in [-0.1, -0.05) is 6.92 Å². The molecule has 0 unspecified atom stereocenters. The number of carboxylic acids is 1. The Labute approximate surface area is 105 Å². The lowest BCUT2D eigenvalue weighted by Crippen LogP contribution is -2.33. The fraction of sp³-hybridized carbons (Fsp3) is 0.583. The molecular formula is C12H17N3O3. The summed E-state index contributed by atoms with van der Waals surface area (Å²) in [5.41, 5.74) is 0.0825. The summed E-state index contributed by atoms with van der Waals surface area (Å²) in [6.45, 7) is 4.35. The van der Waals surface area contributed by atoms with Crippen LogP contribution in [-0.2, 0) is 4.74 Å². The van der Waals surface area contributed by atoms with Gasteiger partial charge in [-0.25, -0.2) is 14.8 Å². The number of carbonyl (C=O) groups is 1. The Bertz CT molecular complexity index is 430.